The molecule has 1 saturated carbocycles. The van der Waals surface area contributed by atoms with Crippen LogP contribution in [0.15, 0.2) is 42.6 Å². The van der Waals surface area contributed by atoms with Crippen LogP contribution in [0.2, 0.25) is 0 Å². The summed E-state index contributed by atoms with van der Waals surface area (Å²) in [4.78, 5) is 21.4. The Hall–Kier alpha value is -2.74. The lowest BCUT2D eigenvalue weighted by atomic mass is 10.2. The summed E-state index contributed by atoms with van der Waals surface area (Å²) >= 11 is 0. The van der Waals surface area contributed by atoms with Crippen LogP contribution in [0.25, 0.3) is 0 Å². The van der Waals surface area contributed by atoms with Crippen LogP contribution < -0.4 is 15.0 Å². The third-order valence-corrected chi connectivity index (χ3v) is 4.99. The second-order valence-corrected chi connectivity index (χ2v) is 7.24. The molecule has 1 aromatic carbocycles. The first-order valence-corrected chi connectivity index (χ1v) is 9.26. The van der Waals surface area contributed by atoms with E-state index in [-0.39, 0.29) is 12.3 Å². The Labute approximate surface area is 162 Å². The van der Waals surface area contributed by atoms with Crippen molar-refractivity contribution in [2.45, 2.75) is 18.4 Å². The van der Waals surface area contributed by atoms with E-state index in [2.05, 4.69) is 27.1 Å². The highest BCUT2D eigenvalue weighted by atomic mass is 19.3. The van der Waals surface area contributed by atoms with Gasteiger partial charge < -0.3 is 19.9 Å². The normalized spacial score (nSPS) is 21.2. The predicted octanol–water partition coefficient (Wildman–Crippen LogP) is 2.87. The molecule has 6 nitrogen and oxygen atoms in total. The smallest absolute Gasteiger partial charge is 0.288 e. The number of ether oxygens (including phenoxy) is 1. The number of carbonyl (C=O) groups excluding carboxylic acids is 1. The molecule has 0 radical (unpaired) electrons. The summed E-state index contributed by atoms with van der Waals surface area (Å²) in [6.07, 6.45) is 0.344. The molecular formula is C20H22F2N4O2. The van der Waals surface area contributed by atoms with Gasteiger partial charge in [0.05, 0.1) is 6.42 Å². The maximum atomic E-state index is 12.9. The fourth-order valence-corrected chi connectivity index (χ4v) is 3.07. The van der Waals surface area contributed by atoms with Crippen LogP contribution in [-0.2, 0) is 0 Å². The third kappa shape index (κ3) is 4.22. The molecule has 2 aliphatic rings. The van der Waals surface area contributed by atoms with Gasteiger partial charge in [-0.25, -0.2) is 13.8 Å². The number of alkyl halides is 2. The molecule has 2 aromatic rings. The number of hydrogen-bond donors (Lipinski definition) is 1. The highest BCUT2D eigenvalue weighted by Gasteiger charge is 2.59. The van der Waals surface area contributed by atoms with Crippen LogP contribution in [0.1, 0.15) is 16.8 Å². The van der Waals surface area contributed by atoms with Crippen molar-refractivity contribution in [3.05, 3.63) is 48.2 Å². The molecule has 4 rings (SSSR count). The van der Waals surface area contributed by atoms with Gasteiger partial charge in [-0.05, 0) is 43.4 Å². The molecule has 1 saturated heterocycles. The first kappa shape index (κ1) is 18.6. The zero-order valence-corrected chi connectivity index (χ0v) is 15.6. The van der Waals surface area contributed by atoms with E-state index in [0.29, 0.717) is 17.0 Å². The topological polar surface area (TPSA) is 57.7 Å². The van der Waals surface area contributed by atoms with Gasteiger partial charge in [-0.3, -0.25) is 4.79 Å². The van der Waals surface area contributed by atoms with Gasteiger partial charge in [-0.2, -0.15) is 0 Å². The number of nitrogens with zero attached hydrogens (tertiary/aromatic N) is 3. The van der Waals surface area contributed by atoms with Crippen LogP contribution in [-0.4, -0.2) is 61.0 Å². The molecule has 0 spiro atoms. The number of carbonyl (C=O) groups is 1. The Morgan fingerprint density at radius 1 is 1.18 bits per heavy atom. The Morgan fingerprint density at radius 2 is 1.86 bits per heavy atom. The zero-order chi connectivity index (χ0) is 19.7. The highest BCUT2D eigenvalue weighted by molar-refractivity contribution is 6.04. The third-order valence-electron chi connectivity index (χ3n) is 4.99. The van der Waals surface area contributed by atoms with Crippen molar-refractivity contribution in [3.63, 3.8) is 0 Å². The molecule has 28 heavy (non-hydrogen) atoms. The molecule has 0 bridgehead atoms. The second-order valence-electron chi connectivity index (χ2n) is 7.24. The fraction of sp³-hybridized carbons (Fsp3) is 0.400. The Bertz CT molecular complexity index is 852. The van der Waals surface area contributed by atoms with Crippen molar-refractivity contribution in [1.29, 1.82) is 0 Å². The Balaban J connectivity index is 1.37. The van der Waals surface area contributed by atoms with Crippen LogP contribution in [0, 0.1) is 0 Å². The average molecular weight is 388 g/mol. The number of amides is 1. The number of pyridine rings is 1. The summed E-state index contributed by atoms with van der Waals surface area (Å²) in [5, 5.41) is 2.81. The van der Waals surface area contributed by atoms with Crippen LogP contribution in [0.4, 0.5) is 20.3 Å². The van der Waals surface area contributed by atoms with E-state index >= 15 is 0 Å². The minimum Gasteiger partial charge on any atom is -0.484 e. The summed E-state index contributed by atoms with van der Waals surface area (Å²) in [5.41, 5.74) is 1.08. The standard InChI is InChI=1S/C20H22F2N4O2/c1-25-8-10-26(11-9-25)18-12-14(6-7-23-18)19(27)24-15-2-4-16(5-3-15)28-17-13-20(17,21)22/h2-7,12,17H,8-11,13H2,1H3,(H,24,27). The van der Waals surface area contributed by atoms with Crippen molar-refractivity contribution in [2.75, 3.05) is 43.4 Å². The predicted molar refractivity (Wildman–Crippen MR) is 102 cm³/mol. The van der Waals surface area contributed by atoms with E-state index in [1.165, 1.54) is 0 Å². The molecule has 2 heterocycles. The van der Waals surface area contributed by atoms with Crippen molar-refractivity contribution in [2.24, 2.45) is 0 Å². The minimum absolute atomic E-state index is 0.247. The van der Waals surface area contributed by atoms with Crippen LogP contribution in [0.3, 0.4) is 0 Å². The number of nitrogens with one attached hydrogen (secondary N) is 1. The summed E-state index contributed by atoms with van der Waals surface area (Å²) in [5.74, 6) is -1.83. The lowest BCUT2D eigenvalue weighted by Crippen LogP contribution is -2.44. The van der Waals surface area contributed by atoms with Gasteiger partial charge in [0.1, 0.15) is 11.6 Å². The van der Waals surface area contributed by atoms with Crippen molar-refractivity contribution < 1.29 is 18.3 Å². The van der Waals surface area contributed by atoms with E-state index in [0.717, 1.165) is 32.0 Å². The maximum absolute atomic E-state index is 12.9. The van der Waals surface area contributed by atoms with Gasteiger partial charge in [0.15, 0.2) is 6.10 Å². The fourth-order valence-electron chi connectivity index (χ4n) is 3.07. The number of likely N-dealkylation sites (N-methyl/N-ethyl adjacent to an activating group) is 1. The number of hydrogen-bond acceptors (Lipinski definition) is 5. The first-order chi connectivity index (χ1) is 13.4. The molecular weight excluding hydrogens is 366 g/mol. The van der Waals surface area contributed by atoms with E-state index in [1.54, 1.807) is 42.6 Å². The molecule has 1 N–H and O–H groups in total. The largest absolute Gasteiger partial charge is 0.484 e. The molecule has 2 fully saturated rings. The van der Waals surface area contributed by atoms with Gasteiger partial charge in [0.25, 0.3) is 11.8 Å². The lowest BCUT2D eigenvalue weighted by molar-refractivity contribution is 0.0665. The van der Waals surface area contributed by atoms with Crippen molar-refractivity contribution in [3.8, 4) is 5.75 Å². The summed E-state index contributed by atoms with van der Waals surface area (Å²) in [6, 6.07) is 9.87. The maximum Gasteiger partial charge on any atom is 0.288 e. The molecule has 1 aromatic heterocycles. The summed E-state index contributed by atoms with van der Waals surface area (Å²) < 4.78 is 31.0. The van der Waals surface area contributed by atoms with E-state index in [4.69, 9.17) is 4.74 Å². The van der Waals surface area contributed by atoms with Gasteiger partial charge in [-0.1, -0.05) is 0 Å². The van der Waals surface area contributed by atoms with Gasteiger partial charge in [-0.15, -0.1) is 0 Å². The quantitative estimate of drug-likeness (QED) is 0.854. The van der Waals surface area contributed by atoms with Crippen molar-refractivity contribution >= 4 is 17.4 Å². The highest BCUT2D eigenvalue weighted by Crippen LogP contribution is 2.44. The number of benzene rings is 1. The molecule has 148 valence electrons. The van der Waals surface area contributed by atoms with Gasteiger partial charge in [0, 0.05) is 43.6 Å². The zero-order valence-electron chi connectivity index (χ0n) is 15.6. The monoisotopic (exact) mass is 388 g/mol. The number of aromatic nitrogens is 1. The molecule has 1 aliphatic heterocycles. The number of halogens is 2. The number of piperazine rings is 1. The van der Waals surface area contributed by atoms with Crippen LogP contribution in [0.5, 0.6) is 5.75 Å². The molecule has 1 aliphatic carbocycles. The minimum atomic E-state index is -2.73. The van der Waals surface area contributed by atoms with E-state index in [1.807, 2.05) is 0 Å². The number of anilines is 2. The summed E-state index contributed by atoms with van der Waals surface area (Å²) in [6.45, 7) is 3.66. The second kappa shape index (κ2) is 7.35. The van der Waals surface area contributed by atoms with Gasteiger partial charge >= 0.3 is 0 Å². The number of rotatable bonds is 5. The summed E-state index contributed by atoms with van der Waals surface area (Å²) in [7, 11) is 2.08. The van der Waals surface area contributed by atoms with E-state index in [9.17, 15) is 13.6 Å². The Morgan fingerprint density at radius 3 is 2.50 bits per heavy atom. The molecule has 1 unspecified atom stereocenters. The van der Waals surface area contributed by atoms with Gasteiger partial charge in [0.2, 0.25) is 0 Å². The average Bonchev–Trinajstić information content (AvgIpc) is 3.29. The van der Waals surface area contributed by atoms with Crippen molar-refractivity contribution in [1.82, 2.24) is 9.88 Å². The lowest BCUT2D eigenvalue weighted by Gasteiger charge is -2.33. The molecule has 1 atom stereocenters. The molecule has 8 heteroatoms. The SMILES string of the molecule is CN1CCN(c2cc(C(=O)Nc3ccc(OC4CC4(F)F)cc3)ccn2)CC1. The first-order valence-electron chi connectivity index (χ1n) is 9.26. The van der Waals surface area contributed by atoms with E-state index < -0.39 is 12.0 Å². The van der Waals surface area contributed by atoms with Crippen LogP contribution >= 0.6 is 0 Å². The Kier molecular flexibility index (Phi) is 4.89. The molecule has 1 amide bonds.